The van der Waals surface area contributed by atoms with Crippen LogP contribution in [0.5, 0.6) is 0 Å². The van der Waals surface area contributed by atoms with Crippen LogP contribution in [0.2, 0.25) is 0 Å². The highest BCUT2D eigenvalue weighted by atomic mass is 35.5. The first-order valence-corrected chi connectivity index (χ1v) is 10.7. The summed E-state index contributed by atoms with van der Waals surface area (Å²) < 4.78 is 0. The third-order valence-corrected chi connectivity index (χ3v) is 5.68. The molecule has 0 spiro atoms. The van der Waals surface area contributed by atoms with Gasteiger partial charge in [0, 0.05) is 16.9 Å². The molecule has 0 saturated heterocycles. The molecular weight excluding hydrogens is 438 g/mol. The van der Waals surface area contributed by atoms with E-state index >= 15 is 0 Å². The molecule has 0 radical (unpaired) electrons. The Balaban J connectivity index is 1.50. The zero-order valence-corrected chi connectivity index (χ0v) is 19.2. The topological polar surface area (TPSA) is 78.5 Å². The van der Waals surface area contributed by atoms with E-state index in [0.29, 0.717) is 22.6 Å². The molecule has 3 aromatic carbocycles. The van der Waals surface area contributed by atoms with Crippen molar-refractivity contribution in [3.8, 4) is 0 Å². The number of rotatable bonds is 5. The molecule has 33 heavy (non-hydrogen) atoms. The highest BCUT2D eigenvalue weighted by Gasteiger charge is 2.39. The zero-order valence-electron chi connectivity index (χ0n) is 18.4. The number of anilines is 3. The average molecular weight is 460 g/mol. The van der Waals surface area contributed by atoms with Crippen molar-refractivity contribution in [3.05, 3.63) is 99.7 Å². The van der Waals surface area contributed by atoms with Crippen LogP contribution in [0, 0.1) is 20.8 Å². The Morgan fingerprint density at radius 3 is 2.21 bits per heavy atom. The summed E-state index contributed by atoms with van der Waals surface area (Å²) in [7, 11) is 0. The second-order valence-electron chi connectivity index (χ2n) is 7.95. The number of hydrogen-bond donors (Lipinski definition) is 2. The fourth-order valence-electron chi connectivity index (χ4n) is 3.57. The predicted molar refractivity (Wildman–Crippen MR) is 130 cm³/mol. The predicted octanol–water partition coefficient (Wildman–Crippen LogP) is 5.30. The minimum atomic E-state index is -0.577. The summed E-state index contributed by atoms with van der Waals surface area (Å²) in [5.74, 6) is -1.36. The zero-order chi connectivity index (χ0) is 23.7. The maximum absolute atomic E-state index is 13.0. The van der Waals surface area contributed by atoms with E-state index in [1.54, 1.807) is 30.3 Å². The molecule has 3 aromatic rings. The van der Waals surface area contributed by atoms with Crippen molar-refractivity contribution in [2.45, 2.75) is 20.8 Å². The fourth-order valence-corrected chi connectivity index (χ4v) is 3.78. The van der Waals surface area contributed by atoms with Crippen molar-refractivity contribution in [2.24, 2.45) is 0 Å². The van der Waals surface area contributed by atoms with Crippen LogP contribution in [0.25, 0.3) is 0 Å². The molecule has 0 saturated carbocycles. The van der Waals surface area contributed by atoms with E-state index in [2.05, 4.69) is 10.6 Å². The average Bonchev–Trinajstić information content (AvgIpc) is 2.99. The van der Waals surface area contributed by atoms with Gasteiger partial charge in [-0.25, -0.2) is 4.90 Å². The molecule has 0 bridgehead atoms. The number of benzene rings is 3. The highest BCUT2D eigenvalue weighted by molar-refractivity contribution is 6.53. The summed E-state index contributed by atoms with van der Waals surface area (Å²) >= 11 is 6.24. The summed E-state index contributed by atoms with van der Waals surface area (Å²) in [6, 6.07) is 19.6. The fraction of sp³-hybridized carbons (Fsp3) is 0.115. The van der Waals surface area contributed by atoms with E-state index in [4.69, 9.17) is 11.6 Å². The Labute approximate surface area is 196 Å². The van der Waals surface area contributed by atoms with E-state index in [-0.39, 0.29) is 16.6 Å². The standard InChI is InChI=1S/C26H22ClN3O3/c1-15-5-4-6-20(13-15)29-24(31)18-9-11-19(12-10-18)28-23-22(27)25(32)30(26(23)33)21-14-16(2)7-8-17(21)3/h4-14,28H,1-3H3,(H,29,31). The van der Waals surface area contributed by atoms with Gasteiger partial charge in [-0.2, -0.15) is 0 Å². The number of carbonyl (C=O) groups excluding carboxylic acids is 3. The number of nitrogens with one attached hydrogen (secondary N) is 2. The first-order chi connectivity index (χ1) is 15.7. The lowest BCUT2D eigenvalue weighted by molar-refractivity contribution is -0.120. The van der Waals surface area contributed by atoms with Gasteiger partial charge in [0.25, 0.3) is 17.7 Å². The number of nitrogens with zero attached hydrogens (tertiary/aromatic N) is 1. The van der Waals surface area contributed by atoms with Gasteiger partial charge >= 0.3 is 0 Å². The summed E-state index contributed by atoms with van der Waals surface area (Å²) in [5, 5.41) is 5.60. The Morgan fingerprint density at radius 1 is 0.818 bits per heavy atom. The third-order valence-electron chi connectivity index (χ3n) is 5.33. The van der Waals surface area contributed by atoms with E-state index in [1.807, 2.05) is 57.2 Å². The van der Waals surface area contributed by atoms with Crippen LogP contribution >= 0.6 is 11.6 Å². The summed E-state index contributed by atoms with van der Waals surface area (Å²) in [6.07, 6.45) is 0. The quantitative estimate of drug-likeness (QED) is 0.507. The first kappa shape index (κ1) is 22.3. The molecule has 1 heterocycles. The number of carbonyl (C=O) groups is 3. The van der Waals surface area contributed by atoms with Gasteiger partial charge in [0.05, 0.1) is 5.69 Å². The highest BCUT2D eigenvalue weighted by Crippen LogP contribution is 2.32. The van der Waals surface area contributed by atoms with Crippen molar-refractivity contribution in [2.75, 3.05) is 15.5 Å². The van der Waals surface area contributed by atoms with Crippen LogP contribution in [0.15, 0.2) is 77.5 Å². The van der Waals surface area contributed by atoms with Crippen molar-refractivity contribution < 1.29 is 14.4 Å². The third kappa shape index (κ3) is 4.52. The van der Waals surface area contributed by atoms with Crippen molar-refractivity contribution >= 4 is 46.4 Å². The molecule has 0 atom stereocenters. The van der Waals surface area contributed by atoms with Gasteiger partial charge in [0.1, 0.15) is 10.7 Å². The van der Waals surface area contributed by atoms with Gasteiger partial charge in [-0.1, -0.05) is 35.9 Å². The largest absolute Gasteiger partial charge is 0.350 e. The van der Waals surface area contributed by atoms with Crippen LogP contribution in [0.4, 0.5) is 17.1 Å². The van der Waals surface area contributed by atoms with Crippen molar-refractivity contribution in [1.82, 2.24) is 0 Å². The van der Waals surface area contributed by atoms with E-state index in [9.17, 15) is 14.4 Å². The minimum absolute atomic E-state index is 0.000430. The van der Waals surface area contributed by atoms with Crippen LogP contribution in [-0.4, -0.2) is 17.7 Å². The van der Waals surface area contributed by atoms with Gasteiger partial charge < -0.3 is 10.6 Å². The maximum Gasteiger partial charge on any atom is 0.283 e. The Bertz CT molecular complexity index is 1310. The molecule has 1 aliphatic rings. The molecule has 0 aliphatic carbocycles. The van der Waals surface area contributed by atoms with E-state index in [1.165, 1.54) is 0 Å². The van der Waals surface area contributed by atoms with E-state index < -0.39 is 11.8 Å². The summed E-state index contributed by atoms with van der Waals surface area (Å²) in [5.41, 5.74) is 4.95. The smallest absolute Gasteiger partial charge is 0.283 e. The maximum atomic E-state index is 13.0. The Morgan fingerprint density at radius 2 is 1.52 bits per heavy atom. The lowest BCUT2D eigenvalue weighted by Crippen LogP contribution is -2.32. The number of amides is 3. The van der Waals surface area contributed by atoms with Gasteiger partial charge in [-0.3, -0.25) is 14.4 Å². The molecule has 0 aromatic heterocycles. The molecule has 7 heteroatoms. The lowest BCUT2D eigenvalue weighted by Gasteiger charge is -2.18. The molecule has 0 fully saturated rings. The Kier molecular flexibility index (Phi) is 6.03. The molecule has 2 N–H and O–H groups in total. The van der Waals surface area contributed by atoms with Crippen LogP contribution < -0.4 is 15.5 Å². The SMILES string of the molecule is Cc1cccc(NC(=O)c2ccc(NC3=C(Cl)C(=O)N(c4cc(C)ccc4C)C3=O)cc2)c1. The van der Waals surface area contributed by atoms with Crippen molar-refractivity contribution in [3.63, 3.8) is 0 Å². The second kappa shape index (κ2) is 8.92. The minimum Gasteiger partial charge on any atom is -0.350 e. The second-order valence-corrected chi connectivity index (χ2v) is 8.33. The van der Waals surface area contributed by atoms with Crippen LogP contribution in [-0.2, 0) is 9.59 Å². The normalized spacial score (nSPS) is 13.5. The van der Waals surface area contributed by atoms with Gasteiger partial charge in [-0.05, 0) is 79.9 Å². The number of aryl methyl sites for hydroxylation is 3. The van der Waals surface area contributed by atoms with Gasteiger partial charge in [0.2, 0.25) is 0 Å². The number of imide groups is 1. The van der Waals surface area contributed by atoms with Gasteiger partial charge in [0.15, 0.2) is 0 Å². The molecule has 3 amide bonds. The number of halogens is 1. The summed E-state index contributed by atoms with van der Waals surface area (Å²) in [6.45, 7) is 5.67. The van der Waals surface area contributed by atoms with Crippen LogP contribution in [0.3, 0.4) is 0 Å². The first-order valence-electron chi connectivity index (χ1n) is 10.4. The molecule has 6 nitrogen and oxygen atoms in total. The molecule has 166 valence electrons. The lowest BCUT2D eigenvalue weighted by atomic mass is 10.1. The molecular formula is C26H22ClN3O3. The van der Waals surface area contributed by atoms with E-state index in [0.717, 1.165) is 21.6 Å². The van der Waals surface area contributed by atoms with Crippen LogP contribution in [0.1, 0.15) is 27.0 Å². The summed E-state index contributed by atoms with van der Waals surface area (Å²) in [4.78, 5) is 39.4. The monoisotopic (exact) mass is 459 g/mol. The Hall–Kier alpha value is -3.90. The number of hydrogen-bond acceptors (Lipinski definition) is 4. The molecule has 0 unspecified atom stereocenters. The molecule has 4 rings (SSSR count). The van der Waals surface area contributed by atoms with Crippen molar-refractivity contribution in [1.29, 1.82) is 0 Å². The van der Waals surface area contributed by atoms with Gasteiger partial charge in [-0.15, -0.1) is 0 Å². The molecule has 1 aliphatic heterocycles.